The summed E-state index contributed by atoms with van der Waals surface area (Å²) < 4.78 is 14.7. The maximum atomic E-state index is 13.2. The Hall–Kier alpha value is -3.28. The van der Waals surface area contributed by atoms with Crippen LogP contribution >= 0.6 is 0 Å². The first-order valence-electron chi connectivity index (χ1n) is 10.3. The van der Waals surface area contributed by atoms with Crippen LogP contribution < -0.4 is 10.9 Å². The Morgan fingerprint density at radius 3 is 2.77 bits per heavy atom. The highest BCUT2D eigenvalue weighted by atomic mass is 19.1. The Labute approximate surface area is 174 Å². The molecule has 0 bridgehead atoms. The summed E-state index contributed by atoms with van der Waals surface area (Å²) in [7, 11) is 0. The first-order chi connectivity index (χ1) is 14.6. The van der Waals surface area contributed by atoms with Crippen molar-refractivity contribution in [2.45, 2.75) is 38.6 Å². The van der Waals surface area contributed by atoms with Gasteiger partial charge in [0, 0.05) is 18.1 Å². The van der Waals surface area contributed by atoms with Crippen LogP contribution in [0, 0.1) is 5.82 Å². The molecule has 4 rings (SSSR count). The van der Waals surface area contributed by atoms with E-state index in [1.807, 2.05) is 6.07 Å². The summed E-state index contributed by atoms with van der Waals surface area (Å²) in [6.07, 6.45) is 9.30. The zero-order chi connectivity index (χ0) is 20.9. The van der Waals surface area contributed by atoms with Crippen LogP contribution in [0.4, 0.5) is 4.39 Å². The van der Waals surface area contributed by atoms with E-state index in [1.165, 1.54) is 35.1 Å². The normalized spacial score (nSPS) is 13.8. The van der Waals surface area contributed by atoms with Gasteiger partial charge in [0.15, 0.2) is 0 Å². The number of rotatable bonds is 6. The van der Waals surface area contributed by atoms with Crippen molar-refractivity contribution in [3.05, 3.63) is 87.6 Å². The van der Waals surface area contributed by atoms with Crippen molar-refractivity contribution < 1.29 is 9.18 Å². The number of carbonyl (C=O) groups excluding carboxylic acids is 1. The summed E-state index contributed by atoms with van der Waals surface area (Å²) in [5.74, 6) is -0.717. The van der Waals surface area contributed by atoms with Gasteiger partial charge >= 0.3 is 0 Å². The molecular formula is C24H24FN3O2. The predicted molar refractivity (Wildman–Crippen MR) is 115 cm³/mol. The molecule has 1 aliphatic rings. The molecule has 2 heterocycles. The van der Waals surface area contributed by atoms with Crippen molar-refractivity contribution in [3.8, 4) is 0 Å². The van der Waals surface area contributed by atoms with Crippen LogP contribution in [-0.2, 0) is 6.54 Å². The molecule has 0 atom stereocenters. The standard InChI is InChI=1S/C24H24FN3O2/c25-20-10-8-18(9-11-20)16-28-22-19(7-4-13-26-22)15-21(24(28)30)23(29)27-14-12-17-5-2-1-3-6-17/h4-5,7-11,13,15H,1-3,6,12,14,16H2,(H,27,29). The summed E-state index contributed by atoms with van der Waals surface area (Å²) in [6.45, 7) is 0.716. The van der Waals surface area contributed by atoms with Crippen molar-refractivity contribution in [2.24, 2.45) is 0 Å². The van der Waals surface area contributed by atoms with Crippen molar-refractivity contribution in [1.82, 2.24) is 14.9 Å². The fourth-order valence-electron chi connectivity index (χ4n) is 3.85. The van der Waals surface area contributed by atoms with E-state index in [-0.39, 0.29) is 23.8 Å². The highest BCUT2D eigenvalue weighted by molar-refractivity contribution is 5.96. The molecule has 0 fully saturated rings. The Balaban J connectivity index is 1.60. The van der Waals surface area contributed by atoms with Gasteiger partial charge in [0.25, 0.3) is 11.5 Å². The average Bonchev–Trinajstić information content (AvgIpc) is 2.77. The monoisotopic (exact) mass is 405 g/mol. The maximum Gasteiger partial charge on any atom is 0.265 e. The van der Waals surface area contributed by atoms with E-state index in [9.17, 15) is 14.0 Å². The van der Waals surface area contributed by atoms with E-state index >= 15 is 0 Å². The van der Waals surface area contributed by atoms with E-state index in [0.717, 1.165) is 24.8 Å². The van der Waals surface area contributed by atoms with E-state index in [0.29, 0.717) is 17.6 Å². The Kier molecular flexibility index (Phi) is 6.02. The lowest BCUT2D eigenvalue weighted by Crippen LogP contribution is -2.34. The van der Waals surface area contributed by atoms with E-state index in [4.69, 9.17) is 0 Å². The molecule has 1 aliphatic carbocycles. The molecule has 0 unspecified atom stereocenters. The van der Waals surface area contributed by atoms with Gasteiger partial charge in [-0.05, 0) is 68.0 Å². The molecule has 2 aromatic heterocycles. The first kappa shape index (κ1) is 20.0. The third-order valence-electron chi connectivity index (χ3n) is 5.46. The molecule has 1 amide bonds. The summed E-state index contributed by atoms with van der Waals surface area (Å²) >= 11 is 0. The molecule has 1 N–H and O–H groups in total. The van der Waals surface area contributed by atoms with Gasteiger partial charge in [-0.25, -0.2) is 9.37 Å². The van der Waals surface area contributed by atoms with Crippen LogP contribution in [0.5, 0.6) is 0 Å². The second-order valence-electron chi connectivity index (χ2n) is 7.61. The maximum absolute atomic E-state index is 13.2. The minimum absolute atomic E-state index is 0.0928. The van der Waals surface area contributed by atoms with E-state index in [2.05, 4.69) is 16.4 Å². The zero-order valence-electron chi connectivity index (χ0n) is 16.7. The van der Waals surface area contributed by atoms with E-state index < -0.39 is 5.56 Å². The Morgan fingerprint density at radius 1 is 1.17 bits per heavy atom. The zero-order valence-corrected chi connectivity index (χ0v) is 16.7. The number of nitrogens with one attached hydrogen (secondary N) is 1. The summed E-state index contributed by atoms with van der Waals surface area (Å²) in [5.41, 5.74) is 2.32. The summed E-state index contributed by atoms with van der Waals surface area (Å²) in [4.78, 5) is 30.3. The lowest BCUT2D eigenvalue weighted by atomic mass is 9.97. The molecule has 30 heavy (non-hydrogen) atoms. The topological polar surface area (TPSA) is 64.0 Å². The third-order valence-corrected chi connectivity index (χ3v) is 5.46. The van der Waals surface area contributed by atoms with Gasteiger partial charge in [-0.15, -0.1) is 0 Å². The molecular weight excluding hydrogens is 381 g/mol. The SMILES string of the molecule is O=C(NCCC1=CCCCC1)c1cc2cccnc2n(Cc2ccc(F)cc2)c1=O. The number of hydrogen-bond acceptors (Lipinski definition) is 3. The lowest BCUT2D eigenvalue weighted by Gasteiger charge is -2.14. The highest BCUT2D eigenvalue weighted by Gasteiger charge is 2.16. The van der Waals surface area contributed by atoms with Crippen molar-refractivity contribution in [1.29, 1.82) is 0 Å². The van der Waals surface area contributed by atoms with Crippen LogP contribution in [0.15, 0.2) is 65.1 Å². The smallest absolute Gasteiger partial charge is 0.265 e. The Morgan fingerprint density at radius 2 is 2.00 bits per heavy atom. The quantitative estimate of drug-likeness (QED) is 0.625. The van der Waals surface area contributed by atoms with Crippen LogP contribution in [0.1, 0.15) is 48.0 Å². The minimum atomic E-state index is -0.403. The molecule has 0 aliphatic heterocycles. The predicted octanol–water partition coefficient (Wildman–Crippen LogP) is 4.20. The third kappa shape index (κ3) is 4.48. The summed E-state index contributed by atoms with van der Waals surface area (Å²) in [5, 5.41) is 3.59. The van der Waals surface area contributed by atoms with Gasteiger partial charge < -0.3 is 5.32 Å². The Bertz CT molecular complexity index is 1150. The molecule has 0 radical (unpaired) electrons. The van der Waals surface area contributed by atoms with Crippen molar-refractivity contribution in [2.75, 3.05) is 6.54 Å². The number of halogens is 1. The van der Waals surface area contributed by atoms with E-state index in [1.54, 1.807) is 30.5 Å². The minimum Gasteiger partial charge on any atom is -0.352 e. The first-order valence-corrected chi connectivity index (χ1v) is 10.3. The van der Waals surface area contributed by atoms with Gasteiger partial charge in [0.1, 0.15) is 17.0 Å². The highest BCUT2D eigenvalue weighted by Crippen LogP contribution is 2.19. The molecule has 5 nitrogen and oxygen atoms in total. The second kappa shape index (κ2) is 9.03. The van der Waals surface area contributed by atoms with Crippen LogP contribution in [0.3, 0.4) is 0 Å². The molecule has 154 valence electrons. The number of benzene rings is 1. The number of fused-ring (bicyclic) bond motifs is 1. The molecule has 1 aromatic carbocycles. The number of aromatic nitrogens is 2. The van der Waals surface area contributed by atoms with Gasteiger partial charge in [0.05, 0.1) is 6.54 Å². The second-order valence-corrected chi connectivity index (χ2v) is 7.61. The van der Waals surface area contributed by atoms with Gasteiger partial charge in [0.2, 0.25) is 0 Å². The van der Waals surface area contributed by atoms with Crippen LogP contribution in [-0.4, -0.2) is 22.0 Å². The molecule has 0 spiro atoms. The van der Waals surface area contributed by atoms with Crippen LogP contribution in [0.25, 0.3) is 11.0 Å². The van der Waals surface area contributed by atoms with Crippen LogP contribution in [0.2, 0.25) is 0 Å². The van der Waals surface area contributed by atoms with Crippen molar-refractivity contribution >= 4 is 16.9 Å². The number of pyridine rings is 2. The summed E-state index contributed by atoms with van der Waals surface area (Å²) in [6, 6.07) is 11.2. The fraction of sp³-hybridized carbons (Fsp3) is 0.292. The van der Waals surface area contributed by atoms with Crippen molar-refractivity contribution in [3.63, 3.8) is 0 Å². The average molecular weight is 405 g/mol. The van der Waals surface area contributed by atoms with Gasteiger partial charge in [-0.2, -0.15) is 0 Å². The molecule has 3 aromatic rings. The lowest BCUT2D eigenvalue weighted by molar-refractivity contribution is 0.0952. The number of allylic oxidation sites excluding steroid dienone is 1. The number of carbonyl (C=O) groups is 1. The largest absolute Gasteiger partial charge is 0.352 e. The fourth-order valence-corrected chi connectivity index (χ4v) is 3.85. The molecule has 6 heteroatoms. The van der Waals surface area contributed by atoms with Gasteiger partial charge in [-0.1, -0.05) is 23.8 Å². The number of nitrogens with zero attached hydrogens (tertiary/aromatic N) is 2. The van der Waals surface area contributed by atoms with Gasteiger partial charge in [-0.3, -0.25) is 14.2 Å². The molecule has 0 saturated heterocycles. The number of hydrogen-bond donors (Lipinski definition) is 1. The molecule has 0 saturated carbocycles. The number of amides is 1.